The van der Waals surface area contributed by atoms with Crippen LogP contribution in [0.15, 0.2) is 48.5 Å². The minimum Gasteiger partial charge on any atom is -0.351 e. The number of aryl methyl sites for hydroxylation is 1. The lowest BCUT2D eigenvalue weighted by atomic mass is 10.0. The molecule has 0 aromatic heterocycles. The number of hydrogen-bond donors (Lipinski definition) is 1. The van der Waals surface area contributed by atoms with Crippen LogP contribution in [0.4, 0.5) is 4.39 Å². The Hall–Kier alpha value is -2.40. The minimum absolute atomic E-state index is 0.0385. The predicted octanol–water partition coefficient (Wildman–Crippen LogP) is 5.28. The molecule has 1 aliphatic carbocycles. The van der Waals surface area contributed by atoms with Gasteiger partial charge in [-0.25, -0.2) is 4.39 Å². The number of carbonyl (C=O) groups is 2. The fraction of sp³-hybridized carbons (Fsp3) is 0.440. The minimum atomic E-state index is -1.09. The average molecular weight is 445 g/mol. The molecule has 1 saturated carbocycles. The van der Waals surface area contributed by atoms with Crippen molar-refractivity contribution in [2.24, 2.45) is 0 Å². The number of nitrogens with one attached hydrogen (secondary N) is 1. The molecule has 1 N–H and O–H groups in total. The number of amides is 2. The van der Waals surface area contributed by atoms with E-state index in [1.54, 1.807) is 18.2 Å². The van der Waals surface area contributed by atoms with Gasteiger partial charge in [-0.2, -0.15) is 0 Å². The van der Waals surface area contributed by atoms with Crippen LogP contribution in [0.5, 0.6) is 0 Å². The van der Waals surface area contributed by atoms with Crippen LogP contribution >= 0.6 is 11.6 Å². The third kappa shape index (κ3) is 6.30. The van der Waals surface area contributed by atoms with E-state index in [2.05, 4.69) is 5.32 Å². The first kappa shape index (κ1) is 23.3. The molecule has 2 aromatic rings. The van der Waals surface area contributed by atoms with Gasteiger partial charge < -0.3 is 10.2 Å². The molecule has 0 saturated heterocycles. The summed E-state index contributed by atoms with van der Waals surface area (Å²) in [6.07, 6.45) is 6.24. The zero-order valence-corrected chi connectivity index (χ0v) is 18.7. The Balaban J connectivity index is 1.94. The lowest BCUT2D eigenvalue weighted by molar-refractivity contribution is -0.140. The molecule has 2 aromatic carbocycles. The quantitative estimate of drug-likeness (QED) is 0.466. The Kier molecular flexibility index (Phi) is 8.47. The molecule has 0 spiro atoms. The summed E-state index contributed by atoms with van der Waals surface area (Å²) < 4.78 is 14.8. The van der Waals surface area contributed by atoms with Gasteiger partial charge in [-0.05, 0) is 31.4 Å². The highest BCUT2D eigenvalue weighted by Gasteiger charge is 2.34. The summed E-state index contributed by atoms with van der Waals surface area (Å²) in [6, 6.07) is 12.8. The summed E-state index contributed by atoms with van der Waals surface area (Å²) in [6.45, 7) is 2.15. The number of nitrogens with zero attached hydrogens (tertiary/aromatic N) is 1. The second kappa shape index (κ2) is 11.3. The third-order valence-corrected chi connectivity index (χ3v) is 6.10. The van der Waals surface area contributed by atoms with Gasteiger partial charge in [0.05, 0.1) is 0 Å². The molecule has 0 heterocycles. The first-order chi connectivity index (χ1) is 15.0. The van der Waals surface area contributed by atoms with Gasteiger partial charge in [0.15, 0.2) is 0 Å². The molecule has 6 heteroatoms. The van der Waals surface area contributed by atoms with E-state index in [-0.39, 0.29) is 29.9 Å². The number of halogens is 2. The highest BCUT2D eigenvalue weighted by atomic mass is 35.5. The fourth-order valence-electron chi connectivity index (χ4n) is 4.14. The summed E-state index contributed by atoms with van der Waals surface area (Å²) in [5.41, 5.74) is 2.13. The van der Waals surface area contributed by atoms with Crippen molar-refractivity contribution in [3.8, 4) is 0 Å². The van der Waals surface area contributed by atoms with Gasteiger partial charge in [-0.1, -0.05) is 73.7 Å². The van der Waals surface area contributed by atoms with E-state index in [0.29, 0.717) is 0 Å². The molecule has 4 nitrogen and oxygen atoms in total. The first-order valence-electron chi connectivity index (χ1n) is 11.0. The number of carbonyl (C=O) groups excluding carboxylic acids is 2. The van der Waals surface area contributed by atoms with Crippen LogP contribution in [0.1, 0.15) is 61.3 Å². The van der Waals surface area contributed by atoms with E-state index in [9.17, 15) is 14.0 Å². The van der Waals surface area contributed by atoms with Crippen molar-refractivity contribution in [1.29, 1.82) is 0 Å². The average Bonchev–Trinajstić information content (AvgIpc) is 3.04. The first-order valence-corrected chi connectivity index (χ1v) is 11.5. The number of benzene rings is 2. The van der Waals surface area contributed by atoms with Crippen molar-refractivity contribution in [2.75, 3.05) is 5.88 Å². The third-order valence-electron chi connectivity index (χ3n) is 5.87. The fourth-order valence-corrected chi connectivity index (χ4v) is 4.30. The lowest BCUT2D eigenvalue weighted by Crippen LogP contribution is -2.47. The van der Waals surface area contributed by atoms with Crippen molar-refractivity contribution < 1.29 is 14.0 Å². The highest BCUT2D eigenvalue weighted by Crippen LogP contribution is 2.27. The van der Waals surface area contributed by atoms with Gasteiger partial charge in [-0.15, -0.1) is 11.6 Å². The van der Waals surface area contributed by atoms with Crippen molar-refractivity contribution in [3.05, 3.63) is 71.0 Å². The van der Waals surface area contributed by atoms with E-state index in [4.69, 9.17) is 11.6 Å². The van der Waals surface area contributed by atoms with E-state index < -0.39 is 17.8 Å². The molecule has 0 unspecified atom stereocenters. The second-order valence-corrected chi connectivity index (χ2v) is 8.53. The van der Waals surface area contributed by atoms with Crippen molar-refractivity contribution in [2.45, 2.75) is 64.1 Å². The SMILES string of the molecule is Cc1ccc(CN(C(=O)CCl)[C@H](C(=O)NC2CCCCCC2)c2ccccc2F)cc1. The van der Waals surface area contributed by atoms with Crippen LogP contribution in [0.2, 0.25) is 0 Å². The van der Waals surface area contributed by atoms with Gasteiger partial charge >= 0.3 is 0 Å². The van der Waals surface area contributed by atoms with Gasteiger partial charge in [0.2, 0.25) is 11.8 Å². The van der Waals surface area contributed by atoms with Crippen LogP contribution in [0, 0.1) is 12.7 Å². The summed E-state index contributed by atoms with van der Waals surface area (Å²) in [7, 11) is 0. The van der Waals surface area contributed by atoms with Crippen LogP contribution in [0.25, 0.3) is 0 Å². The predicted molar refractivity (Wildman–Crippen MR) is 121 cm³/mol. The second-order valence-electron chi connectivity index (χ2n) is 8.26. The number of alkyl halides is 1. The van der Waals surface area contributed by atoms with Crippen LogP contribution < -0.4 is 5.32 Å². The molecule has 0 radical (unpaired) electrons. The van der Waals surface area contributed by atoms with E-state index in [1.165, 1.54) is 11.0 Å². The maximum absolute atomic E-state index is 14.8. The van der Waals surface area contributed by atoms with Gasteiger partial charge in [0, 0.05) is 18.2 Å². The maximum Gasteiger partial charge on any atom is 0.247 e. The van der Waals surface area contributed by atoms with Crippen molar-refractivity contribution >= 4 is 23.4 Å². The summed E-state index contributed by atoms with van der Waals surface area (Å²) in [4.78, 5) is 27.7. The Bertz CT molecular complexity index is 879. The number of rotatable bonds is 7. The smallest absolute Gasteiger partial charge is 0.247 e. The number of hydrogen-bond acceptors (Lipinski definition) is 2. The molecule has 3 rings (SSSR count). The monoisotopic (exact) mass is 444 g/mol. The zero-order valence-electron chi connectivity index (χ0n) is 17.9. The standard InChI is InChI=1S/C25H30ClFN2O2/c1-18-12-14-19(15-13-18)17-29(23(30)16-26)24(21-10-6-7-11-22(21)27)25(31)28-20-8-4-2-3-5-9-20/h6-7,10-15,20,24H,2-5,8-9,16-17H2,1H3,(H,28,31)/t24-/m0/s1. The summed E-state index contributed by atoms with van der Waals surface area (Å²) in [5.74, 6) is -1.57. The van der Waals surface area contributed by atoms with E-state index >= 15 is 0 Å². The molecular formula is C25H30ClFN2O2. The molecule has 0 aliphatic heterocycles. The van der Waals surface area contributed by atoms with Crippen LogP contribution in [-0.2, 0) is 16.1 Å². The molecule has 31 heavy (non-hydrogen) atoms. The largest absolute Gasteiger partial charge is 0.351 e. The Morgan fingerprint density at radius 2 is 1.71 bits per heavy atom. The van der Waals surface area contributed by atoms with Crippen molar-refractivity contribution in [1.82, 2.24) is 10.2 Å². The molecule has 1 fully saturated rings. The maximum atomic E-state index is 14.8. The van der Waals surface area contributed by atoms with Crippen LogP contribution in [-0.4, -0.2) is 28.6 Å². The molecule has 1 atom stereocenters. The Morgan fingerprint density at radius 1 is 1.06 bits per heavy atom. The Labute approximate surface area is 188 Å². The van der Waals surface area contributed by atoms with Gasteiger partial charge in [0.1, 0.15) is 17.7 Å². The Morgan fingerprint density at radius 3 is 2.32 bits per heavy atom. The zero-order chi connectivity index (χ0) is 22.2. The van der Waals surface area contributed by atoms with E-state index in [0.717, 1.165) is 49.7 Å². The van der Waals surface area contributed by atoms with Crippen molar-refractivity contribution in [3.63, 3.8) is 0 Å². The lowest BCUT2D eigenvalue weighted by Gasteiger charge is -2.32. The topological polar surface area (TPSA) is 49.4 Å². The molecular weight excluding hydrogens is 415 g/mol. The van der Waals surface area contributed by atoms with Gasteiger partial charge in [-0.3, -0.25) is 9.59 Å². The molecule has 1 aliphatic rings. The van der Waals surface area contributed by atoms with E-state index in [1.807, 2.05) is 31.2 Å². The normalized spacial score (nSPS) is 15.7. The summed E-state index contributed by atoms with van der Waals surface area (Å²) in [5, 5.41) is 3.10. The molecule has 166 valence electrons. The summed E-state index contributed by atoms with van der Waals surface area (Å²) >= 11 is 5.91. The molecule has 2 amide bonds. The van der Waals surface area contributed by atoms with Gasteiger partial charge in [0.25, 0.3) is 0 Å². The molecule has 0 bridgehead atoms. The highest BCUT2D eigenvalue weighted by molar-refractivity contribution is 6.27. The van der Waals surface area contributed by atoms with Crippen LogP contribution in [0.3, 0.4) is 0 Å².